The lowest BCUT2D eigenvalue weighted by molar-refractivity contribution is -0.119. The van der Waals surface area contributed by atoms with Crippen molar-refractivity contribution in [2.75, 3.05) is 30.8 Å². The van der Waals surface area contributed by atoms with Crippen molar-refractivity contribution in [1.29, 1.82) is 0 Å². The Bertz CT molecular complexity index is 520. The van der Waals surface area contributed by atoms with Crippen molar-refractivity contribution in [3.63, 3.8) is 0 Å². The van der Waals surface area contributed by atoms with Crippen LogP contribution in [-0.4, -0.2) is 37.1 Å². The Labute approximate surface area is 122 Å². The smallest absolute Gasteiger partial charge is 0.337 e. The lowest BCUT2D eigenvalue weighted by atomic mass is 10.1. The Kier molecular flexibility index (Phi) is 5.64. The Hall–Kier alpha value is -1.95. The number of benzene rings is 1. The van der Waals surface area contributed by atoms with Crippen LogP contribution in [0, 0.1) is 0 Å². The van der Waals surface area contributed by atoms with Crippen LogP contribution in [0.25, 0.3) is 0 Å². The van der Waals surface area contributed by atoms with E-state index in [2.05, 4.69) is 5.32 Å². The molecule has 0 aromatic heterocycles. The number of rotatable bonds is 6. The van der Waals surface area contributed by atoms with E-state index in [0.717, 1.165) is 6.42 Å². The summed E-state index contributed by atoms with van der Waals surface area (Å²) in [6.45, 7) is 2.48. The Balaban J connectivity index is 3.30. The highest BCUT2D eigenvalue weighted by atomic mass is 35.5. The number of carbonyl (C=O) groups is 2. The zero-order valence-electron chi connectivity index (χ0n) is 11.4. The van der Waals surface area contributed by atoms with Crippen LogP contribution in [0.3, 0.4) is 0 Å². The first-order chi connectivity index (χ1) is 9.40. The van der Waals surface area contributed by atoms with Crippen molar-refractivity contribution in [3.05, 3.63) is 22.7 Å². The summed E-state index contributed by atoms with van der Waals surface area (Å²) in [4.78, 5) is 24.6. The van der Waals surface area contributed by atoms with Gasteiger partial charge in [-0.3, -0.25) is 4.79 Å². The summed E-state index contributed by atoms with van der Waals surface area (Å²) in [6, 6.07) is 2.83. The van der Waals surface area contributed by atoms with Gasteiger partial charge in [0.15, 0.2) is 0 Å². The third-order valence-corrected chi connectivity index (χ3v) is 3.03. The fourth-order valence-electron chi connectivity index (χ4n) is 1.90. The van der Waals surface area contributed by atoms with Crippen molar-refractivity contribution >= 4 is 34.9 Å². The largest absolute Gasteiger partial charge is 0.478 e. The summed E-state index contributed by atoms with van der Waals surface area (Å²) in [5.41, 5.74) is 6.20. The Morgan fingerprint density at radius 3 is 2.60 bits per heavy atom. The van der Waals surface area contributed by atoms with E-state index < -0.39 is 5.97 Å². The number of carboxylic acid groups (broad SMARTS) is 1. The van der Waals surface area contributed by atoms with Crippen molar-refractivity contribution in [3.8, 4) is 0 Å². The lowest BCUT2D eigenvalue weighted by Gasteiger charge is -2.26. The minimum absolute atomic E-state index is 0.00708. The molecule has 0 aliphatic carbocycles. The molecule has 1 aromatic carbocycles. The molecular weight excluding hydrogens is 282 g/mol. The SMILES string of the molecule is CCCN(CC(=O)NC)c1c(Cl)cc(N)cc1C(=O)O. The van der Waals surface area contributed by atoms with E-state index in [9.17, 15) is 14.7 Å². The number of amides is 1. The molecule has 4 N–H and O–H groups in total. The van der Waals surface area contributed by atoms with Crippen molar-refractivity contribution < 1.29 is 14.7 Å². The maximum absolute atomic E-state index is 11.6. The molecule has 0 unspecified atom stereocenters. The third kappa shape index (κ3) is 3.77. The second-order valence-electron chi connectivity index (χ2n) is 4.30. The van der Waals surface area contributed by atoms with E-state index in [1.165, 1.54) is 19.2 Å². The number of nitrogens with zero attached hydrogens (tertiary/aromatic N) is 1. The van der Waals surface area contributed by atoms with Gasteiger partial charge < -0.3 is 21.1 Å². The van der Waals surface area contributed by atoms with E-state index in [0.29, 0.717) is 12.2 Å². The molecule has 1 aromatic rings. The Morgan fingerprint density at radius 2 is 2.10 bits per heavy atom. The molecule has 0 saturated carbocycles. The van der Waals surface area contributed by atoms with E-state index in [1.807, 2.05) is 6.92 Å². The second kappa shape index (κ2) is 7.00. The summed E-state index contributed by atoms with van der Waals surface area (Å²) < 4.78 is 0. The van der Waals surface area contributed by atoms with E-state index in [4.69, 9.17) is 17.3 Å². The predicted octanol–water partition coefficient (Wildman–Crippen LogP) is 1.58. The molecule has 0 aliphatic heterocycles. The molecular formula is C13H18ClN3O3. The number of likely N-dealkylation sites (N-methyl/N-ethyl adjacent to an activating group) is 1. The summed E-state index contributed by atoms with van der Waals surface area (Å²) in [5.74, 6) is -1.35. The third-order valence-electron chi connectivity index (χ3n) is 2.74. The molecule has 6 nitrogen and oxygen atoms in total. The monoisotopic (exact) mass is 299 g/mol. The number of carboxylic acids is 1. The summed E-state index contributed by atoms with van der Waals surface area (Å²) in [5, 5.41) is 12.0. The standard InChI is InChI=1S/C13H18ClN3O3/c1-3-4-17(7-11(18)16-2)12-9(13(19)20)5-8(15)6-10(12)14/h5-6H,3-4,7,15H2,1-2H3,(H,16,18)(H,19,20). The molecule has 0 bridgehead atoms. The molecule has 0 saturated heterocycles. The molecule has 0 spiro atoms. The number of nitrogen functional groups attached to an aromatic ring is 1. The maximum atomic E-state index is 11.6. The van der Waals surface area contributed by atoms with Crippen LogP contribution < -0.4 is 16.0 Å². The Morgan fingerprint density at radius 1 is 1.45 bits per heavy atom. The minimum atomic E-state index is -1.13. The molecule has 0 heterocycles. The van der Waals surface area contributed by atoms with Gasteiger partial charge >= 0.3 is 5.97 Å². The van der Waals surface area contributed by atoms with Gasteiger partial charge in [-0.05, 0) is 18.6 Å². The minimum Gasteiger partial charge on any atom is -0.478 e. The topological polar surface area (TPSA) is 95.7 Å². The zero-order valence-corrected chi connectivity index (χ0v) is 12.2. The van der Waals surface area contributed by atoms with E-state index in [-0.39, 0.29) is 28.7 Å². The quantitative estimate of drug-likeness (QED) is 0.693. The first-order valence-corrected chi connectivity index (χ1v) is 6.56. The highest BCUT2D eigenvalue weighted by Gasteiger charge is 2.21. The van der Waals surface area contributed by atoms with Gasteiger partial charge in [-0.2, -0.15) is 0 Å². The fourth-order valence-corrected chi connectivity index (χ4v) is 2.24. The van der Waals surface area contributed by atoms with Crippen LogP contribution in [0.2, 0.25) is 5.02 Å². The second-order valence-corrected chi connectivity index (χ2v) is 4.71. The predicted molar refractivity (Wildman–Crippen MR) is 79.4 cm³/mol. The van der Waals surface area contributed by atoms with Gasteiger partial charge in [-0.15, -0.1) is 0 Å². The summed E-state index contributed by atoms with van der Waals surface area (Å²) in [7, 11) is 1.52. The highest BCUT2D eigenvalue weighted by molar-refractivity contribution is 6.34. The average Bonchev–Trinajstić information content (AvgIpc) is 2.37. The van der Waals surface area contributed by atoms with Gasteiger partial charge in [0, 0.05) is 19.3 Å². The molecule has 0 fully saturated rings. The maximum Gasteiger partial charge on any atom is 0.337 e. The molecule has 1 rings (SSSR count). The van der Waals surface area contributed by atoms with Crippen LogP contribution in [0.4, 0.5) is 11.4 Å². The first kappa shape index (κ1) is 16.1. The molecule has 110 valence electrons. The van der Waals surface area contributed by atoms with Gasteiger partial charge in [0.2, 0.25) is 5.91 Å². The number of halogens is 1. The van der Waals surface area contributed by atoms with Crippen molar-refractivity contribution in [1.82, 2.24) is 5.32 Å². The molecule has 0 radical (unpaired) electrons. The first-order valence-electron chi connectivity index (χ1n) is 6.18. The van der Waals surface area contributed by atoms with Crippen LogP contribution in [-0.2, 0) is 4.79 Å². The summed E-state index contributed by atoms with van der Waals surface area (Å²) in [6.07, 6.45) is 0.747. The van der Waals surface area contributed by atoms with Gasteiger partial charge in [0.05, 0.1) is 22.8 Å². The molecule has 7 heteroatoms. The number of hydrogen-bond acceptors (Lipinski definition) is 4. The van der Waals surface area contributed by atoms with Gasteiger partial charge in [-0.25, -0.2) is 4.79 Å². The van der Waals surface area contributed by atoms with Crippen LogP contribution >= 0.6 is 11.6 Å². The number of hydrogen-bond donors (Lipinski definition) is 3. The summed E-state index contributed by atoms with van der Waals surface area (Å²) >= 11 is 6.12. The van der Waals surface area contributed by atoms with Gasteiger partial charge in [-0.1, -0.05) is 18.5 Å². The van der Waals surface area contributed by atoms with Crippen molar-refractivity contribution in [2.45, 2.75) is 13.3 Å². The average molecular weight is 300 g/mol. The normalized spacial score (nSPS) is 10.2. The molecule has 1 amide bonds. The lowest BCUT2D eigenvalue weighted by Crippen LogP contribution is -2.37. The number of nitrogens with two attached hydrogens (primary N) is 1. The van der Waals surface area contributed by atoms with Crippen LogP contribution in [0.5, 0.6) is 0 Å². The van der Waals surface area contributed by atoms with E-state index in [1.54, 1.807) is 4.90 Å². The number of anilines is 2. The van der Waals surface area contributed by atoms with Crippen LogP contribution in [0.15, 0.2) is 12.1 Å². The molecule has 20 heavy (non-hydrogen) atoms. The number of carbonyl (C=O) groups excluding carboxylic acids is 1. The fraction of sp³-hybridized carbons (Fsp3) is 0.385. The molecule has 0 aliphatic rings. The van der Waals surface area contributed by atoms with Gasteiger partial charge in [0.1, 0.15) is 0 Å². The van der Waals surface area contributed by atoms with Gasteiger partial charge in [0.25, 0.3) is 0 Å². The zero-order chi connectivity index (χ0) is 15.3. The van der Waals surface area contributed by atoms with Crippen molar-refractivity contribution in [2.24, 2.45) is 0 Å². The van der Waals surface area contributed by atoms with E-state index >= 15 is 0 Å². The highest BCUT2D eigenvalue weighted by Crippen LogP contribution is 2.32. The van der Waals surface area contributed by atoms with Crippen LogP contribution in [0.1, 0.15) is 23.7 Å². The number of nitrogens with one attached hydrogen (secondary N) is 1. The molecule has 0 atom stereocenters. The number of aromatic carboxylic acids is 1.